The summed E-state index contributed by atoms with van der Waals surface area (Å²) >= 11 is 3.60. The molecule has 2 unspecified atom stereocenters. The minimum absolute atomic E-state index is 0.130. The molecule has 0 spiro atoms. The third-order valence-electron chi connectivity index (χ3n) is 6.69. The van der Waals surface area contributed by atoms with Gasteiger partial charge in [-0.25, -0.2) is 0 Å². The highest BCUT2D eigenvalue weighted by Gasteiger charge is 2.37. The number of hydrogen-bond acceptors (Lipinski definition) is 5. The van der Waals surface area contributed by atoms with Crippen LogP contribution in [0.25, 0.3) is 0 Å². The number of anilines is 3. The predicted octanol–water partition coefficient (Wildman–Crippen LogP) is 6.50. The zero-order valence-corrected chi connectivity index (χ0v) is 21.1. The molecule has 2 N–H and O–H groups in total. The Hall–Kier alpha value is -3.25. The molecule has 6 heteroatoms. The number of allylic oxidation sites excluding steroid dienone is 1. The van der Waals surface area contributed by atoms with E-state index in [1.165, 1.54) is 5.56 Å². The number of para-hydroxylation sites is 2. The van der Waals surface area contributed by atoms with E-state index in [-0.39, 0.29) is 17.7 Å². The third-order valence-corrected chi connectivity index (χ3v) is 7.19. The first kappa shape index (κ1) is 22.5. The summed E-state index contributed by atoms with van der Waals surface area (Å²) in [5, 5.41) is 7.24. The van der Waals surface area contributed by atoms with Crippen LogP contribution in [0.1, 0.15) is 35.9 Å². The van der Waals surface area contributed by atoms with E-state index in [2.05, 4.69) is 55.7 Å². The van der Waals surface area contributed by atoms with Gasteiger partial charge in [0.15, 0.2) is 5.78 Å². The van der Waals surface area contributed by atoms with E-state index in [0.717, 1.165) is 50.5 Å². The van der Waals surface area contributed by atoms with Crippen LogP contribution in [0.3, 0.4) is 0 Å². The van der Waals surface area contributed by atoms with Crippen LogP contribution in [0, 0.1) is 0 Å². The van der Waals surface area contributed by atoms with Crippen LogP contribution in [0.5, 0.6) is 5.75 Å². The quantitative estimate of drug-likeness (QED) is 0.413. The minimum Gasteiger partial charge on any atom is -0.496 e. The predicted molar refractivity (Wildman–Crippen MR) is 142 cm³/mol. The van der Waals surface area contributed by atoms with E-state index in [9.17, 15) is 4.79 Å². The number of halogens is 1. The molecule has 0 amide bonds. The van der Waals surface area contributed by atoms with Crippen LogP contribution in [-0.4, -0.2) is 27.0 Å². The van der Waals surface area contributed by atoms with Crippen molar-refractivity contribution in [1.29, 1.82) is 0 Å². The van der Waals surface area contributed by atoms with Crippen LogP contribution in [0.15, 0.2) is 82.5 Å². The summed E-state index contributed by atoms with van der Waals surface area (Å²) in [6, 6.07) is 22.3. The van der Waals surface area contributed by atoms with Crippen LogP contribution >= 0.6 is 15.9 Å². The SMILES string of the molecule is COc1ccc(Br)cc1C1Nc2ccccc2NC2=C1C(=O)CC(c1ccc(N(C)C)cc1)C2. The second-order valence-corrected chi connectivity index (χ2v) is 9.96. The van der Waals surface area contributed by atoms with Crippen molar-refractivity contribution in [1.82, 2.24) is 0 Å². The van der Waals surface area contributed by atoms with Gasteiger partial charge >= 0.3 is 0 Å². The lowest BCUT2D eigenvalue weighted by molar-refractivity contribution is -0.116. The summed E-state index contributed by atoms with van der Waals surface area (Å²) in [4.78, 5) is 15.8. The van der Waals surface area contributed by atoms with Gasteiger partial charge in [0.25, 0.3) is 0 Å². The number of methoxy groups -OCH3 is 1. The van der Waals surface area contributed by atoms with E-state index < -0.39 is 0 Å². The number of nitrogens with one attached hydrogen (secondary N) is 2. The average molecular weight is 518 g/mol. The topological polar surface area (TPSA) is 53.6 Å². The standard InChI is InChI=1S/C28H28BrN3O2/c1-32(2)20-11-8-17(9-12-20)18-14-24-27(25(33)15-18)28(21-16-19(29)10-13-26(21)34-3)31-23-7-5-4-6-22(23)30-24/h4-13,16,18,28,30-31H,14-15H2,1-3H3. The molecule has 0 bridgehead atoms. The van der Waals surface area contributed by atoms with Gasteiger partial charge in [-0.1, -0.05) is 40.2 Å². The second kappa shape index (κ2) is 9.18. The molecule has 2 atom stereocenters. The monoisotopic (exact) mass is 517 g/mol. The average Bonchev–Trinajstić information content (AvgIpc) is 3.01. The lowest BCUT2D eigenvalue weighted by Crippen LogP contribution is -2.27. The zero-order chi connectivity index (χ0) is 23.8. The van der Waals surface area contributed by atoms with E-state index in [1.54, 1.807) is 7.11 Å². The molecule has 0 saturated carbocycles. The van der Waals surface area contributed by atoms with Gasteiger partial charge in [-0.15, -0.1) is 0 Å². The highest BCUT2D eigenvalue weighted by molar-refractivity contribution is 9.10. The summed E-state index contributed by atoms with van der Waals surface area (Å²) in [6.45, 7) is 0. The van der Waals surface area contributed by atoms with Gasteiger partial charge in [0, 0.05) is 47.5 Å². The number of Topliss-reactive ketones (excluding diaryl/α,β-unsaturated/α-hetero) is 1. The van der Waals surface area contributed by atoms with Crippen molar-refractivity contribution < 1.29 is 9.53 Å². The van der Waals surface area contributed by atoms with Crippen LogP contribution in [0.4, 0.5) is 17.1 Å². The molecule has 0 aromatic heterocycles. The summed E-state index contributed by atoms with van der Waals surface area (Å²) in [5.74, 6) is 1.04. The van der Waals surface area contributed by atoms with Crippen molar-refractivity contribution in [3.63, 3.8) is 0 Å². The first-order valence-electron chi connectivity index (χ1n) is 11.4. The largest absolute Gasteiger partial charge is 0.496 e. The maximum atomic E-state index is 13.8. The van der Waals surface area contributed by atoms with Crippen molar-refractivity contribution in [2.75, 3.05) is 36.7 Å². The third kappa shape index (κ3) is 4.18. The molecule has 174 valence electrons. The molecular weight excluding hydrogens is 490 g/mol. The van der Waals surface area contributed by atoms with E-state index in [0.29, 0.717) is 6.42 Å². The maximum Gasteiger partial charge on any atom is 0.163 e. The molecule has 3 aromatic rings. The number of hydrogen-bond donors (Lipinski definition) is 2. The molecule has 0 saturated heterocycles. The van der Waals surface area contributed by atoms with Gasteiger partial charge in [0.05, 0.1) is 24.5 Å². The Balaban J connectivity index is 1.60. The molecule has 5 nitrogen and oxygen atoms in total. The van der Waals surface area contributed by atoms with Gasteiger partial charge in [-0.2, -0.15) is 0 Å². The van der Waals surface area contributed by atoms with Crippen LogP contribution < -0.4 is 20.3 Å². The molecule has 2 aliphatic rings. The maximum absolute atomic E-state index is 13.8. The van der Waals surface area contributed by atoms with Gasteiger partial charge in [-0.05, 0) is 60.4 Å². The van der Waals surface area contributed by atoms with Crippen molar-refractivity contribution in [2.24, 2.45) is 0 Å². The molecule has 1 aliphatic heterocycles. The van der Waals surface area contributed by atoms with Gasteiger partial charge < -0.3 is 20.3 Å². The van der Waals surface area contributed by atoms with Crippen molar-refractivity contribution in [2.45, 2.75) is 24.8 Å². The molecular formula is C28H28BrN3O2. The number of ether oxygens (including phenoxy) is 1. The van der Waals surface area contributed by atoms with Crippen molar-refractivity contribution >= 4 is 38.8 Å². The molecule has 0 radical (unpaired) electrons. The van der Waals surface area contributed by atoms with E-state index >= 15 is 0 Å². The van der Waals surface area contributed by atoms with Gasteiger partial charge in [0.1, 0.15) is 5.75 Å². The van der Waals surface area contributed by atoms with Crippen LogP contribution in [0.2, 0.25) is 0 Å². The lowest BCUT2D eigenvalue weighted by Gasteiger charge is -2.30. The second-order valence-electron chi connectivity index (χ2n) is 9.04. The number of fused-ring (bicyclic) bond motifs is 1. The normalized spacial score (nSPS) is 19.4. The number of nitrogens with zero attached hydrogens (tertiary/aromatic N) is 1. The Kier molecular flexibility index (Phi) is 6.09. The first-order valence-corrected chi connectivity index (χ1v) is 12.2. The molecule has 1 aliphatic carbocycles. The fourth-order valence-corrected chi connectivity index (χ4v) is 5.32. The smallest absolute Gasteiger partial charge is 0.163 e. The number of carbonyl (C=O) groups excluding carboxylic acids is 1. The minimum atomic E-state index is -0.317. The summed E-state index contributed by atoms with van der Waals surface area (Å²) < 4.78 is 6.64. The Morgan fingerprint density at radius 2 is 1.71 bits per heavy atom. The van der Waals surface area contributed by atoms with Crippen LogP contribution in [-0.2, 0) is 4.79 Å². The van der Waals surface area contributed by atoms with Crippen molar-refractivity contribution in [3.05, 3.63) is 93.6 Å². The molecule has 0 fully saturated rings. The fourth-order valence-electron chi connectivity index (χ4n) is 4.94. The molecule has 3 aromatic carbocycles. The molecule has 34 heavy (non-hydrogen) atoms. The van der Waals surface area contributed by atoms with E-state index in [4.69, 9.17) is 4.74 Å². The van der Waals surface area contributed by atoms with Gasteiger partial charge in [0.2, 0.25) is 0 Å². The number of benzene rings is 3. The number of carbonyl (C=O) groups is 1. The Morgan fingerprint density at radius 1 is 0.971 bits per heavy atom. The number of ketones is 1. The summed E-state index contributed by atoms with van der Waals surface area (Å²) in [5.41, 5.74) is 6.97. The Morgan fingerprint density at radius 3 is 2.41 bits per heavy atom. The van der Waals surface area contributed by atoms with Gasteiger partial charge in [-0.3, -0.25) is 4.79 Å². The lowest BCUT2D eigenvalue weighted by atomic mass is 9.78. The first-order chi connectivity index (χ1) is 16.4. The molecule has 5 rings (SSSR count). The Bertz CT molecular complexity index is 1270. The van der Waals surface area contributed by atoms with E-state index in [1.807, 2.05) is 56.6 Å². The Labute approximate surface area is 208 Å². The summed E-state index contributed by atoms with van der Waals surface area (Å²) in [6.07, 6.45) is 1.25. The summed E-state index contributed by atoms with van der Waals surface area (Å²) in [7, 11) is 5.74. The molecule has 1 heterocycles. The van der Waals surface area contributed by atoms with Crippen molar-refractivity contribution in [3.8, 4) is 5.75 Å². The number of rotatable bonds is 4. The zero-order valence-electron chi connectivity index (χ0n) is 19.6. The highest BCUT2D eigenvalue weighted by atomic mass is 79.9. The fraction of sp³-hybridized carbons (Fsp3) is 0.250. The highest BCUT2D eigenvalue weighted by Crippen LogP contribution is 2.46.